The molecular weight excluding hydrogens is 194 g/mol. The molecule has 0 unspecified atom stereocenters. The minimum absolute atomic E-state index is 0.315. The van der Waals surface area contributed by atoms with Gasteiger partial charge in [-0.15, -0.1) is 0 Å². The third-order valence-corrected chi connectivity index (χ3v) is 2.00. The van der Waals surface area contributed by atoms with Gasteiger partial charge in [0, 0.05) is 13.3 Å². The Bertz CT molecular complexity index is 350. The van der Waals surface area contributed by atoms with Crippen molar-refractivity contribution < 1.29 is 14.3 Å². The second kappa shape index (κ2) is 5.46. The highest BCUT2D eigenvalue weighted by Crippen LogP contribution is 2.13. The zero-order valence-corrected chi connectivity index (χ0v) is 9.24. The number of nitrogens with zero attached hydrogens (tertiary/aromatic N) is 1. The SMILES string of the molecule is CCOC(=O)c1c(C)ccnc1COC. The Hall–Kier alpha value is -1.42. The van der Waals surface area contributed by atoms with E-state index in [1.807, 2.05) is 6.92 Å². The summed E-state index contributed by atoms with van der Waals surface area (Å²) in [7, 11) is 1.57. The molecule has 1 heterocycles. The summed E-state index contributed by atoms with van der Waals surface area (Å²) in [5.41, 5.74) is 1.99. The number of ether oxygens (including phenoxy) is 2. The lowest BCUT2D eigenvalue weighted by Gasteiger charge is -2.09. The number of rotatable bonds is 4. The highest BCUT2D eigenvalue weighted by molar-refractivity contribution is 5.92. The van der Waals surface area contributed by atoms with Crippen molar-refractivity contribution >= 4 is 5.97 Å². The van der Waals surface area contributed by atoms with Gasteiger partial charge in [-0.1, -0.05) is 0 Å². The molecule has 0 saturated heterocycles. The monoisotopic (exact) mass is 209 g/mol. The van der Waals surface area contributed by atoms with Crippen LogP contribution in [0.3, 0.4) is 0 Å². The molecule has 15 heavy (non-hydrogen) atoms. The fourth-order valence-electron chi connectivity index (χ4n) is 1.34. The molecule has 0 saturated carbocycles. The first-order valence-corrected chi connectivity index (χ1v) is 4.81. The third-order valence-electron chi connectivity index (χ3n) is 2.00. The van der Waals surface area contributed by atoms with E-state index in [1.165, 1.54) is 0 Å². The number of carbonyl (C=O) groups excluding carboxylic acids is 1. The standard InChI is InChI=1S/C11H15NO3/c1-4-15-11(13)10-8(2)5-6-12-9(10)7-14-3/h5-6H,4,7H2,1-3H3. The van der Waals surface area contributed by atoms with Crippen LogP contribution in [-0.4, -0.2) is 24.7 Å². The number of aryl methyl sites for hydroxylation is 1. The molecule has 1 aromatic rings. The topological polar surface area (TPSA) is 48.4 Å². The molecule has 0 radical (unpaired) electrons. The average molecular weight is 209 g/mol. The molecule has 0 atom stereocenters. The van der Waals surface area contributed by atoms with Gasteiger partial charge in [0.2, 0.25) is 0 Å². The van der Waals surface area contributed by atoms with Gasteiger partial charge in [0.15, 0.2) is 0 Å². The third kappa shape index (κ3) is 2.76. The summed E-state index contributed by atoms with van der Waals surface area (Å²) < 4.78 is 9.94. The van der Waals surface area contributed by atoms with Crippen molar-refractivity contribution in [2.75, 3.05) is 13.7 Å². The lowest BCUT2D eigenvalue weighted by Crippen LogP contribution is -2.12. The minimum atomic E-state index is -0.338. The largest absolute Gasteiger partial charge is 0.462 e. The van der Waals surface area contributed by atoms with Gasteiger partial charge in [-0.25, -0.2) is 4.79 Å². The van der Waals surface area contributed by atoms with Crippen LogP contribution in [0.2, 0.25) is 0 Å². The summed E-state index contributed by atoms with van der Waals surface area (Å²) >= 11 is 0. The molecule has 82 valence electrons. The van der Waals surface area contributed by atoms with Crippen LogP contribution in [-0.2, 0) is 16.1 Å². The second-order valence-electron chi connectivity index (χ2n) is 3.10. The van der Waals surface area contributed by atoms with Crippen LogP contribution < -0.4 is 0 Å². The quantitative estimate of drug-likeness (QED) is 0.708. The molecule has 0 aliphatic heterocycles. The van der Waals surface area contributed by atoms with E-state index in [9.17, 15) is 4.79 Å². The Morgan fingerprint density at radius 2 is 2.27 bits per heavy atom. The number of carbonyl (C=O) groups is 1. The van der Waals surface area contributed by atoms with Crippen molar-refractivity contribution in [3.05, 3.63) is 29.1 Å². The zero-order valence-electron chi connectivity index (χ0n) is 9.24. The van der Waals surface area contributed by atoms with E-state index in [1.54, 1.807) is 26.3 Å². The maximum absolute atomic E-state index is 11.6. The van der Waals surface area contributed by atoms with Gasteiger partial charge in [-0.3, -0.25) is 4.98 Å². The summed E-state index contributed by atoms with van der Waals surface area (Å²) in [5.74, 6) is -0.338. The lowest BCUT2D eigenvalue weighted by atomic mass is 10.1. The van der Waals surface area contributed by atoms with E-state index in [0.717, 1.165) is 5.56 Å². The molecule has 1 rings (SSSR count). The van der Waals surface area contributed by atoms with Gasteiger partial charge in [0.05, 0.1) is 24.5 Å². The molecule has 0 spiro atoms. The van der Waals surface area contributed by atoms with Gasteiger partial charge in [-0.2, -0.15) is 0 Å². The lowest BCUT2D eigenvalue weighted by molar-refractivity contribution is 0.0519. The van der Waals surface area contributed by atoms with Crippen LogP contribution in [0.25, 0.3) is 0 Å². The molecule has 0 bridgehead atoms. The van der Waals surface area contributed by atoms with E-state index < -0.39 is 0 Å². The maximum atomic E-state index is 11.6. The number of methoxy groups -OCH3 is 1. The summed E-state index contributed by atoms with van der Waals surface area (Å²) in [5, 5.41) is 0. The normalized spacial score (nSPS) is 10.1. The number of esters is 1. The van der Waals surface area contributed by atoms with Crippen LogP contribution in [0, 0.1) is 6.92 Å². The van der Waals surface area contributed by atoms with Gasteiger partial charge in [0.1, 0.15) is 0 Å². The Balaban J connectivity index is 3.06. The predicted molar refractivity (Wildman–Crippen MR) is 55.6 cm³/mol. The van der Waals surface area contributed by atoms with E-state index in [2.05, 4.69) is 4.98 Å². The first-order chi connectivity index (χ1) is 7.20. The van der Waals surface area contributed by atoms with E-state index in [0.29, 0.717) is 24.5 Å². The highest BCUT2D eigenvalue weighted by atomic mass is 16.5. The van der Waals surface area contributed by atoms with Crippen molar-refractivity contribution in [2.45, 2.75) is 20.5 Å². The molecule has 0 fully saturated rings. The van der Waals surface area contributed by atoms with E-state index in [-0.39, 0.29) is 5.97 Å². The van der Waals surface area contributed by atoms with Gasteiger partial charge in [0.25, 0.3) is 0 Å². The molecule has 0 N–H and O–H groups in total. The zero-order chi connectivity index (χ0) is 11.3. The fraction of sp³-hybridized carbons (Fsp3) is 0.455. The summed E-state index contributed by atoms with van der Waals surface area (Å²) in [4.78, 5) is 15.8. The first-order valence-electron chi connectivity index (χ1n) is 4.81. The fourth-order valence-corrected chi connectivity index (χ4v) is 1.34. The van der Waals surface area contributed by atoms with Crippen molar-refractivity contribution in [1.29, 1.82) is 0 Å². The smallest absolute Gasteiger partial charge is 0.340 e. The van der Waals surface area contributed by atoms with Crippen LogP contribution in [0.1, 0.15) is 28.5 Å². The number of hydrogen-bond acceptors (Lipinski definition) is 4. The number of pyridine rings is 1. The summed E-state index contributed by atoms with van der Waals surface area (Å²) in [6, 6.07) is 1.78. The van der Waals surface area contributed by atoms with Crippen molar-refractivity contribution in [3.8, 4) is 0 Å². The molecular formula is C11H15NO3. The van der Waals surface area contributed by atoms with Crippen LogP contribution >= 0.6 is 0 Å². The number of hydrogen-bond donors (Lipinski definition) is 0. The van der Waals surface area contributed by atoms with E-state index in [4.69, 9.17) is 9.47 Å². The van der Waals surface area contributed by atoms with Crippen molar-refractivity contribution in [3.63, 3.8) is 0 Å². The predicted octanol–water partition coefficient (Wildman–Crippen LogP) is 1.71. The summed E-state index contributed by atoms with van der Waals surface area (Å²) in [6.45, 7) is 4.31. The molecule has 0 amide bonds. The van der Waals surface area contributed by atoms with Gasteiger partial charge < -0.3 is 9.47 Å². The van der Waals surface area contributed by atoms with Crippen molar-refractivity contribution in [1.82, 2.24) is 4.98 Å². The first kappa shape index (κ1) is 11.7. The maximum Gasteiger partial charge on any atom is 0.340 e. The molecule has 0 aliphatic carbocycles. The number of aromatic nitrogens is 1. The van der Waals surface area contributed by atoms with Crippen LogP contribution in [0.4, 0.5) is 0 Å². The summed E-state index contributed by atoms with van der Waals surface area (Å²) in [6.07, 6.45) is 1.66. The van der Waals surface area contributed by atoms with E-state index >= 15 is 0 Å². The molecule has 0 aliphatic rings. The molecule has 0 aromatic carbocycles. The van der Waals surface area contributed by atoms with Crippen LogP contribution in [0.5, 0.6) is 0 Å². The minimum Gasteiger partial charge on any atom is -0.462 e. The Kier molecular flexibility index (Phi) is 4.24. The highest BCUT2D eigenvalue weighted by Gasteiger charge is 2.15. The van der Waals surface area contributed by atoms with Gasteiger partial charge >= 0.3 is 5.97 Å². The average Bonchev–Trinajstić information content (AvgIpc) is 2.18. The van der Waals surface area contributed by atoms with Crippen molar-refractivity contribution in [2.24, 2.45) is 0 Å². The van der Waals surface area contributed by atoms with Crippen LogP contribution in [0.15, 0.2) is 12.3 Å². The molecule has 4 heteroatoms. The Morgan fingerprint density at radius 3 is 2.87 bits per heavy atom. The second-order valence-corrected chi connectivity index (χ2v) is 3.10. The molecule has 1 aromatic heterocycles. The molecule has 4 nitrogen and oxygen atoms in total. The Morgan fingerprint density at radius 1 is 1.53 bits per heavy atom. The van der Waals surface area contributed by atoms with Gasteiger partial charge in [-0.05, 0) is 25.5 Å². The Labute approximate surface area is 89.2 Å².